The van der Waals surface area contributed by atoms with Gasteiger partial charge in [-0.05, 0) is 30.3 Å². The Morgan fingerprint density at radius 1 is 1.00 bits per heavy atom. The summed E-state index contributed by atoms with van der Waals surface area (Å²) < 4.78 is 44.3. The topological polar surface area (TPSA) is 104 Å². The number of anilines is 1. The number of sulfonamides is 1. The first kappa shape index (κ1) is 17.1. The predicted octanol–water partition coefficient (Wildman–Crippen LogP) is 3.19. The van der Waals surface area contributed by atoms with Gasteiger partial charge in [-0.1, -0.05) is 17.3 Å². The molecule has 8 nitrogen and oxygen atoms in total. The van der Waals surface area contributed by atoms with Gasteiger partial charge in [-0.15, -0.1) is 0 Å². The fourth-order valence-corrected chi connectivity index (χ4v) is 4.08. The van der Waals surface area contributed by atoms with E-state index in [4.69, 9.17) is 14.0 Å². The minimum Gasteiger partial charge on any atom is -0.496 e. The molecule has 138 valence electrons. The maximum Gasteiger partial charge on any atom is 0.265 e. The number of hydrogen-bond acceptors (Lipinski definition) is 7. The summed E-state index contributed by atoms with van der Waals surface area (Å²) in [6, 6.07) is 11.6. The van der Waals surface area contributed by atoms with E-state index in [0.29, 0.717) is 33.4 Å². The molecule has 1 N–H and O–H groups in total. The van der Waals surface area contributed by atoms with E-state index < -0.39 is 10.0 Å². The molecule has 0 saturated heterocycles. The quantitative estimate of drug-likeness (QED) is 0.562. The Hall–Kier alpha value is -3.33. The van der Waals surface area contributed by atoms with Crippen LogP contribution < -0.4 is 14.2 Å². The molecule has 2 aromatic heterocycles. The van der Waals surface area contributed by atoms with Gasteiger partial charge in [0.25, 0.3) is 10.0 Å². The zero-order valence-electron chi connectivity index (χ0n) is 14.5. The number of aromatic nitrogens is 2. The van der Waals surface area contributed by atoms with Crippen LogP contribution in [0.3, 0.4) is 0 Å². The fourth-order valence-electron chi connectivity index (χ4n) is 2.90. The summed E-state index contributed by atoms with van der Waals surface area (Å²) in [6.07, 6.45) is 1.49. The Balaban J connectivity index is 1.86. The molecule has 4 aromatic rings. The van der Waals surface area contributed by atoms with Gasteiger partial charge in [0.2, 0.25) is 0 Å². The van der Waals surface area contributed by atoms with Crippen LogP contribution in [0.25, 0.3) is 21.9 Å². The highest BCUT2D eigenvalue weighted by molar-refractivity contribution is 7.93. The summed E-state index contributed by atoms with van der Waals surface area (Å²) >= 11 is 0. The Morgan fingerprint density at radius 3 is 2.56 bits per heavy atom. The molecule has 0 aliphatic carbocycles. The lowest BCUT2D eigenvalue weighted by Crippen LogP contribution is -2.14. The summed E-state index contributed by atoms with van der Waals surface area (Å²) in [5, 5.41) is 4.87. The van der Waals surface area contributed by atoms with Crippen molar-refractivity contribution in [2.75, 3.05) is 18.9 Å². The Bertz CT molecular complexity index is 1250. The first-order valence-electron chi connectivity index (χ1n) is 7.92. The van der Waals surface area contributed by atoms with Crippen LogP contribution in [0.5, 0.6) is 11.5 Å². The summed E-state index contributed by atoms with van der Waals surface area (Å²) in [6.45, 7) is 0. The number of nitrogens with one attached hydrogen (secondary N) is 1. The average Bonchev–Trinajstić information content (AvgIpc) is 3.09. The van der Waals surface area contributed by atoms with Crippen molar-refractivity contribution in [1.82, 2.24) is 10.1 Å². The molecular weight excluding hydrogens is 370 g/mol. The highest BCUT2D eigenvalue weighted by Crippen LogP contribution is 2.34. The van der Waals surface area contributed by atoms with E-state index in [1.807, 2.05) is 0 Å². The van der Waals surface area contributed by atoms with Crippen LogP contribution in [-0.2, 0) is 10.0 Å². The Kier molecular flexibility index (Phi) is 4.08. The maximum absolute atomic E-state index is 13.0. The van der Waals surface area contributed by atoms with Gasteiger partial charge >= 0.3 is 0 Å². The van der Waals surface area contributed by atoms with Crippen molar-refractivity contribution in [2.24, 2.45) is 0 Å². The lowest BCUT2D eigenvalue weighted by atomic mass is 10.2. The minimum absolute atomic E-state index is 0.00458. The van der Waals surface area contributed by atoms with E-state index in [9.17, 15) is 8.42 Å². The molecule has 0 aliphatic heterocycles. The Morgan fingerprint density at radius 2 is 1.78 bits per heavy atom. The van der Waals surface area contributed by atoms with E-state index >= 15 is 0 Å². The lowest BCUT2D eigenvalue weighted by molar-refractivity contribution is 0.419. The van der Waals surface area contributed by atoms with Crippen molar-refractivity contribution in [3.8, 4) is 11.5 Å². The van der Waals surface area contributed by atoms with E-state index in [1.165, 1.54) is 26.5 Å². The summed E-state index contributed by atoms with van der Waals surface area (Å²) in [4.78, 5) is 4.22. The molecule has 2 aromatic carbocycles. The van der Waals surface area contributed by atoms with Crippen LogP contribution in [0.1, 0.15) is 0 Å². The van der Waals surface area contributed by atoms with Crippen molar-refractivity contribution in [3.05, 3.63) is 48.7 Å². The molecule has 0 unspecified atom stereocenters. The SMILES string of the molecule is COc1ccnc2c(S(=O)(=O)Nc3noc4cccc(OC)c34)cccc12. The van der Waals surface area contributed by atoms with E-state index in [1.54, 1.807) is 36.4 Å². The molecule has 2 heterocycles. The molecule has 0 aliphatic rings. The summed E-state index contributed by atoms with van der Waals surface area (Å²) in [5.74, 6) is 1.03. The van der Waals surface area contributed by atoms with Crippen molar-refractivity contribution in [1.29, 1.82) is 0 Å². The van der Waals surface area contributed by atoms with Crippen LogP contribution in [0.4, 0.5) is 5.82 Å². The molecule has 0 radical (unpaired) electrons. The van der Waals surface area contributed by atoms with Gasteiger partial charge in [-0.25, -0.2) is 8.42 Å². The number of hydrogen-bond donors (Lipinski definition) is 1. The van der Waals surface area contributed by atoms with Crippen LogP contribution in [-0.4, -0.2) is 32.8 Å². The summed E-state index contributed by atoms with van der Waals surface area (Å²) in [7, 11) is -0.994. The highest BCUT2D eigenvalue weighted by atomic mass is 32.2. The molecular formula is C18H15N3O5S. The number of fused-ring (bicyclic) bond motifs is 2. The van der Waals surface area contributed by atoms with Gasteiger partial charge in [0.1, 0.15) is 21.8 Å². The van der Waals surface area contributed by atoms with Gasteiger partial charge in [0, 0.05) is 11.6 Å². The molecule has 0 spiro atoms. The number of methoxy groups -OCH3 is 2. The molecule has 0 amide bonds. The molecule has 0 bridgehead atoms. The largest absolute Gasteiger partial charge is 0.496 e. The molecule has 27 heavy (non-hydrogen) atoms. The fraction of sp³-hybridized carbons (Fsp3) is 0.111. The minimum atomic E-state index is -4.00. The number of nitrogens with zero attached hydrogens (tertiary/aromatic N) is 2. The Labute approximate surface area is 154 Å². The number of para-hydroxylation sites is 1. The maximum atomic E-state index is 13.0. The monoisotopic (exact) mass is 385 g/mol. The smallest absolute Gasteiger partial charge is 0.265 e. The second-order valence-electron chi connectivity index (χ2n) is 5.64. The van der Waals surface area contributed by atoms with Gasteiger partial charge < -0.3 is 14.0 Å². The van der Waals surface area contributed by atoms with E-state index in [-0.39, 0.29) is 10.7 Å². The average molecular weight is 385 g/mol. The number of rotatable bonds is 5. The van der Waals surface area contributed by atoms with E-state index in [2.05, 4.69) is 14.9 Å². The lowest BCUT2D eigenvalue weighted by Gasteiger charge is -2.10. The van der Waals surface area contributed by atoms with Crippen LogP contribution in [0, 0.1) is 0 Å². The first-order chi connectivity index (χ1) is 13.0. The number of pyridine rings is 1. The van der Waals surface area contributed by atoms with Gasteiger partial charge in [0.05, 0.1) is 19.7 Å². The van der Waals surface area contributed by atoms with Crippen molar-refractivity contribution < 1.29 is 22.4 Å². The van der Waals surface area contributed by atoms with Crippen LogP contribution in [0.2, 0.25) is 0 Å². The van der Waals surface area contributed by atoms with Crippen LogP contribution in [0.15, 0.2) is 58.1 Å². The third-order valence-corrected chi connectivity index (χ3v) is 5.49. The molecule has 0 saturated carbocycles. The van der Waals surface area contributed by atoms with Gasteiger partial charge in [0.15, 0.2) is 11.4 Å². The second kappa shape index (κ2) is 6.44. The van der Waals surface area contributed by atoms with E-state index in [0.717, 1.165) is 0 Å². The van der Waals surface area contributed by atoms with Crippen LogP contribution >= 0.6 is 0 Å². The zero-order valence-corrected chi connectivity index (χ0v) is 15.3. The third-order valence-electron chi connectivity index (χ3n) is 4.11. The standard InChI is InChI=1S/C18H15N3O5S/c1-24-12-9-10-19-17-11(12)5-3-8-15(17)27(22,23)21-18-16-13(25-2)6-4-7-14(16)26-20-18/h3-10H,1-2H3,(H,20,21). The van der Waals surface area contributed by atoms with Gasteiger partial charge in [-0.2, -0.15) is 0 Å². The molecule has 0 fully saturated rings. The van der Waals surface area contributed by atoms with Gasteiger partial charge in [-0.3, -0.25) is 9.71 Å². The molecule has 9 heteroatoms. The third kappa shape index (κ3) is 2.81. The number of ether oxygens (including phenoxy) is 2. The van der Waals surface area contributed by atoms with Crippen molar-refractivity contribution in [2.45, 2.75) is 4.90 Å². The first-order valence-corrected chi connectivity index (χ1v) is 9.40. The van der Waals surface area contributed by atoms with Crippen molar-refractivity contribution in [3.63, 3.8) is 0 Å². The molecule has 0 atom stereocenters. The normalized spacial score (nSPS) is 11.6. The molecule has 4 rings (SSSR count). The zero-order chi connectivity index (χ0) is 19.0. The van der Waals surface area contributed by atoms with Crippen molar-refractivity contribution >= 4 is 37.7 Å². The summed E-state index contributed by atoms with van der Waals surface area (Å²) in [5.41, 5.74) is 0.703. The predicted molar refractivity (Wildman–Crippen MR) is 99.7 cm³/mol. The second-order valence-corrected chi connectivity index (χ2v) is 7.29. The number of benzene rings is 2. The highest BCUT2D eigenvalue weighted by Gasteiger charge is 2.23.